The molecule has 1 aliphatic rings. The van der Waals surface area contributed by atoms with Crippen LogP contribution in [-0.2, 0) is 21.3 Å². The topological polar surface area (TPSA) is 182 Å². The molecule has 3 N–H and O–H groups in total. The normalized spacial score (nSPS) is 13.8. The van der Waals surface area contributed by atoms with Crippen LogP contribution >= 0.6 is 11.3 Å². The lowest BCUT2D eigenvalue weighted by Crippen LogP contribution is -2.40. The standard InChI is InChI=1S/C33H36N6O8S2/c1-33(2,3)37-49(44,45)29-19-23(36-32(41)47-25-12-10-24(11-13-25)39(42)43)9-14-27(29)28-21-34-30(48-28)38-17-15-26(16-18-38)46-31(40)35-20-22-7-5-4-6-8-22/h4-14,19,21,26,37H,15-18,20H2,1-3H3,(H,35,40)(H,36,41). The van der Waals surface area contributed by atoms with Crippen LogP contribution in [0.25, 0.3) is 10.4 Å². The molecule has 5 rings (SSSR count). The minimum Gasteiger partial charge on any atom is -0.446 e. The Bertz CT molecular complexity index is 1900. The lowest BCUT2D eigenvalue weighted by atomic mass is 10.1. The van der Waals surface area contributed by atoms with Gasteiger partial charge >= 0.3 is 12.2 Å². The van der Waals surface area contributed by atoms with E-state index in [2.05, 4.69) is 25.2 Å². The summed E-state index contributed by atoms with van der Waals surface area (Å²) in [5.74, 6) is 0.0704. The molecule has 0 aliphatic carbocycles. The van der Waals surface area contributed by atoms with Gasteiger partial charge in [0.05, 0.1) is 14.7 Å². The Balaban J connectivity index is 1.26. The van der Waals surface area contributed by atoms with Gasteiger partial charge in [-0.15, -0.1) is 0 Å². The van der Waals surface area contributed by atoms with Crippen LogP contribution in [0.2, 0.25) is 0 Å². The summed E-state index contributed by atoms with van der Waals surface area (Å²) in [5, 5.41) is 16.9. The van der Waals surface area contributed by atoms with Crippen molar-refractivity contribution in [3.05, 3.63) is 94.7 Å². The number of hydrogen-bond donors (Lipinski definition) is 3. The first kappa shape index (κ1) is 35.3. The van der Waals surface area contributed by atoms with E-state index < -0.39 is 32.7 Å². The number of non-ortho nitro benzene ring substituents is 1. The van der Waals surface area contributed by atoms with Crippen LogP contribution < -0.4 is 25.0 Å². The molecule has 1 saturated heterocycles. The van der Waals surface area contributed by atoms with E-state index in [1.54, 1.807) is 39.1 Å². The number of alkyl carbamates (subject to hydrolysis) is 1. The molecule has 0 bridgehead atoms. The molecule has 1 aromatic heterocycles. The Morgan fingerprint density at radius 2 is 1.71 bits per heavy atom. The smallest absolute Gasteiger partial charge is 0.417 e. The van der Waals surface area contributed by atoms with Crippen LogP contribution in [-0.4, -0.2) is 55.2 Å². The molecule has 2 heterocycles. The summed E-state index contributed by atoms with van der Waals surface area (Å²) in [4.78, 5) is 42.5. The Labute approximate surface area is 287 Å². The summed E-state index contributed by atoms with van der Waals surface area (Å²) < 4.78 is 40.8. The number of carbonyl (C=O) groups excluding carboxylic acids is 2. The predicted molar refractivity (Wildman–Crippen MR) is 185 cm³/mol. The molecule has 16 heteroatoms. The summed E-state index contributed by atoms with van der Waals surface area (Å²) >= 11 is 1.33. The van der Waals surface area contributed by atoms with Gasteiger partial charge in [-0.05, 0) is 50.6 Å². The number of piperidine rings is 1. The van der Waals surface area contributed by atoms with Crippen molar-refractivity contribution in [3.8, 4) is 16.2 Å². The molecule has 0 unspecified atom stereocenters. The number of nitrogens with one attached hydrogen (secondary N) is 3. The maximum Gasteiger partial charge on any atom is 0.417 e. The average molecular weight is 709 g/mol. The fraction of sp³-hybridized carbons (Fsp3) is 0.303. The molecule has 49 heavy (non-hydrogen) atoms. The highest BCUT2D eigenvalue weighted by Crippen LogP contribution is 2.37. The third-order valence-electron chi connectivity index (χ3n) is 7.24. The van der Waals surface area contributed by atoms with Crippen LogP contribution in [0.3, 0.4) is 0 Å². The second kappa shape index (κ2) is 15.0. The number of amides is 2. The quantitative estimate of drug-likeness (QED) is 0.125. The molecule has 2 amide bonds. The first-order valence-electron chi connectivity index (χ1n) is 15.4. The number of thiazole rings is 1. The Morgan fingerprint density at radius 3 is 2.37 bits per heavy atom. The van der Waals surface area contributed by atoms with Crippen molar-refractivity contribution in [2.24, 2.45) is 0 Å². The third-order valence-corrected chi connectivity index (χ3v) is 10.1. The summed E-state index contributed by atoms with van der Waals surface area (Å²) in [6, 6.07) is 19.0. The van der Waals surface area contributed by atoms with E-state index >= 15 is 0 Å². The summed E-state index contributed by atoms with van der Waals surface area (Å²) in [5.41, 5.74) is 0.575. The molecule has 0 radical (unpaired) electrons. The highest BCUT2D eigenvalue weighted by atomic mass is 32.2. The fourth-order valence-corrected chi connectivity index (χ4v) is 7.77. The number of ether oxygens (including phenoxy) is 2. The highest BCUT2D eigenvalue weighted by Gasteiger charge is 2.28. The minimum atomic E-state index is -4.08. The maximum absolute atomic E-state index is 13.6. The van der Waals surface area contributed by atoms with Crippen molar-refractivity contribution >= 4 is 50.1 Å². The van der Waals surface area contributed by atoms with Crippen LogP contribution in [0.5, 0.6) is 5.75 Å². The zero-order chi connectivity index (χ0) is 35.2. The summed E-state index contributed by atoms with van der Waals surface area (Å²) in [7, 11) is -4.08. The second-order valence-corrected chi connectivity index (χ2v) is 14.9. The molecule has 258 valence electrons. The first-order valence-corrected chi connectivity index (χ1v) is 17.7. The number of carbonyl (C=O) groups is 2. The Hall–Kier alpha value is -5.06. The SMILES string of the molecule is CC(C)(C)NS(=O)(=O)c1cc(NC(=O)Oc2ccc([N+](=O)[O-])cc2)ccc1-c1cnc(N2CCC(OC(=O)NCc3ccccc3)CC2)s1. The molecule has 0 spiro atoms. The number of nitro benzene ring substituents is 1. The van der Waals surface area contributed by atoms with E-state index in [-0.39, 0.29) is 28.1 Å². The lowest BCUT2D eigenvalue weighted by Gasteiger charge is -2.31. The monoisotopic (exact) mass is 708 g/mol. The van der Waals surface area contributed by atoms with Crippen molar-refractivity contribution in [2.45, 2.75) is 56.7 Å². The van der Waals surface area contributed by atoms with E-state index in [1.807, 2.05) is 30.3 Å². The molecule has 0 atom stereocenters. The van der Waals surface area contributed by atoms with Gasteiger partial charge in [0.2, 0.25) is 10.0 Å². The van der Waals surface area contributed by atoms with Crippen molar-refractivity contribution in [3.63, 3.8) is 0 Å². The molecule has 1 aliphatic heterocycles. The highest BCUT2D eigenvalue weighted by molar-refractivity contribution is 7.89. The van der Waals surface area contributed by atoms with E-state index in [9.17, 15) is 28.1 Å². The van der Waals surface area contributed by atoms with Gasteiger partial charge < -0.3 is 19.7 Å². The van der Waals surface area contributed by atoms with Gasteiger partial charge in [0.25, 0.3) is 5.69 Å². The number of rotatable bonds is 10. The van der Waals surface area contributed by atoms with Crippen molar-refractivity contribution in [2.75, 3.05) is 23.3 Å². The fourth-order valence-electron chi connectivity index (χ4n) is 5.03. The summed E-state index contributed by atoms with van der Waals surface area (Å²) in [6.45, 7) is 6.74. The van der Waals surface area contributed by atoms with E-state index in [0.29, 0.717) is 48.0 Å². The first-order chi connectivity index (χ1) is 23.3. The number of hydrogen-bond acceptors (Lipinski definition) is 11. The van der Waals surface area contributed by atoms with Crippen molar-refractivity contribution in [1.82, 2.24) is 15.0 Å². The minimum absolute atomic E-state index is 0.0700. The molecule has 4 aromatic rings. The van der Waals surface area contributed by atoms with Gasteiger partial charge in [-0.1, -0.05) is 47.7 Å². The van der Waals surface area contributed by atoms with E-state index in [0.717, 1.165) is 5.56 Å². The van der Waals surface area contributed by atoms with Gasteiger partial charge in [-0.3, -0.25) is 15.4 Å². The van der Waals surface area contributed by atoms with Crippen molar-refractivity contribution in [1.29, 1.82) is 0 Å². The zero-order valence-corrected chi connectivity index (χ0v) is 28.7. The van der Waals surface area contributed by atoms with Gasteiger partial charge in [0.15, 0.2) is 5.13 Å². The Morgan fingerprint density at radius 1 is 1.02 bits per heavy atom. The third kappa shape index (κ3) is 9.74. The van der Waals surface area contributed by atoms with Crippen molar-refractivity contribution < 1.29 is 32.4 Å². The van der Waals surface area contributed by atoms with Crippen LogP contribution in [0, 0.1) is 10.1 Å². The number of nitrogens with zero attached hydrogens (tertiary/aromatic N) is 3. The molecular weight excluding hydrogens is 673 g/mol. The average Bonchev–Trinajstić information content (AvgIpc) is 3.54. The zero-order valence-electron chi connectivity index (χ0n) is 27.0. The van der Waals surface area contributed by atoms with Gasteiger partial charge in [-0.25, -0.2) is 27.7 Å². The molecule has 3 aromatic carbocycles. The van der Waals surface area contributed by atoms with Crippen LogP contribution in [0.1, 0.15) is 39.2 Å². The maximum atomic E-state index is 13.6. The molecule has 1 fully saturated rings. The van der Waals surface area contributed by atoms with E-state index in [1.165, 1.54) is 41.7 Å². The number of aromatic nitrogens is 1. The van der Waals surface area contributed by atoms with E-state index in [4.69, 9.17) is 9.47 Å². The number of anilines is 2. The molecular formula is C33H36N6O8S2. The van der Waals surface area contributed by atoms with Crippen LogP contribution in [0.4, 0.5) is 26.1 Å². The number of benzene rings is 3. The number of sulfonamides is 1. The Kier molecular flexibility index (Phi) is 10.8. The second-order valence-electron chi connectivity index (χ2n) is 12.3. The largest absolute Gasteiger partial charge is 0.446 e. The predicted octanol–water partition coefficient (Wildman–Crippen LogP) is 6.30. The number of nitro groups is 1. The van der Waals surface area contributed by atoms with Gasteiger partial charge in [0, 0.05) is 67.6 Å². The van der Waals surface area contributed by atoms with Gasteiger partial charge in [-0.2, -0.15) is 0 Å². The molecule has 0 saturated carbocycles. The van der Waals surface area contributed by atoms with Gasteiger partial charge in [0.1, 0.15) is 11.9 Å². The van der Waals surface area contributed by atoms with Crippen LogP contribution in [0.15, 0.2) is 83.9 Å². The lowest BCUT2D eigenvalue weighted by molar-refractivity contribution is -0.384. The summed E-state index contributed by atoms with van der Waals surface area (Å²) in [6.07, 6.45) is 1.22. The molecule has 14 nitrogen and oxygen atoms in total.